The van der Waals surface area contributed by atoms with Crippen LogP contribution in [0.5, 0.6) is 0 Å². The largest absolute Gasteiger partial charge is 0.392 e. The van der Waals surface area contributed by atoms with Crippen LogP contribution in [-0.4, -0.2) is 26.3 Å². The van der Waals surface area contributed by atoms with E-state index in [1.54, 1.807) is 12.4 Å². The number of rotatable bonds is 4. The lowest BCUT2D eigenvalue weighted by Gasteiger charge is -2.07. The molecule has 0 saturated carbocycles. The van der Waals surface area contributed by atoms with Gasteiger partial charge in [0.15, 0.2) is 0 Å². The van der Waals surface area contributed by atoms with Crippen LogP contribution >= 0.6 is 0 Å². The first-order valence-electron chi connectivity index (χ1n) is 6.81. The van der Waals surface area contributed by atoms with E-state index in [2.05, 4.69) is 9.97 Å². The summed E-state index contributed by atoms with van der Waals surface area (Å²) >= 11 is 0. The second-order valence-electron chi connectivity index (χ2n) is 5.01. The Labute approximate surface area is 121 Å². The van der Waals surface area contributed by atoms with Gasteiger partial charge in [-0.15, -0.1) is 0 Å². The number of imidazole rings is 1. The van der Waals surface area contributed by atoms with Crippen LogP contribution in [-0.2, 0) is 13.2 Å². The van der Waals surface area contributed by atoms with Crippen molar-refractivity contribution in [3.05, 3.63) is 47.8 Å². The molecule has 0 aliphatic heterocycles. The highest BCUT2D eigenvalue weighted by Gasteiger charge is 2.13. The van der Waals surface area contributed by atoms with Crippen LogP contribution in [0.2, 0.25) is 0 Å². The minimum Gasteiger partial charge on any atom is -0.392 e. The summed E-state index contributed by atoms with van der Waals surface area (Å²) in [6.45, 7) is 1.71. The van der Waals surface area contributed by atoms with E-state index in [1.807, 2.05) is 35.8 Å². The number of alkyl halides is 1. The second kappa shape index (κ2) is 5.61. The number of aliphatic hydroxyl groups is 1. The van der Waals surface area contributed by atoms with Crippen molar-refractivity contribution in [1.82, 2.24) is 14.5 Å². The van der Waals surface area contributed by atoms with Gasteiger partial charge < -0.3 is 9.67 Å². The fourth-order valence-corrected chi connectivity index (χ4v) is 2.46. The molecule has 0 aliphatic rings. The maximum Gasteiger partial charge on any atom is 0.142 e. The molecule has 0 unspecified atom stereocenters. The van der Waals surface area contributed by atoms with E-state index >= 15 is 0 Å². The number of hydrogen-bond donors (Lipinski definition) is 1. The average molecular weight is 285 g/mol. The smallest absolute Gasteiger partial charge is 0.142 e. The summed E-state index contributed by atoms with van der Waals surface area (Å²) in [7, 11) is 0. The van der Waals surface area contributed by atoms with Crippen molar-refractivity contribution in [3.63, 3.8) is 0 Å². The highest BCUT2D eigenvalue weighted by molar-refractivity contribution is 5.81. The van der Waals surface area contributed by atoms with Crippen molar-refractivity contribution in [1.29, 1.82) is 0 Å². The molecule has 0 saturated heterocycles. The molecule has 3 aromatic rings. The predicted octanol–water partition coefficient (Wildman–Crippen LogP) is 2.87. The summed E-state index contributed by atoms with van der Waals surface area (Å²) in [5.41, 5.74) is 4.35. The monoisotopic (exact) mass is 285 g/mol. The highest BCUT2D eigenvalue weighted by atomic mass is 19.1. The van der Waals surface area contributed by atoms with E-state index in [9.17, 15) is 9.50 Å². The van der Waals surface area contributed by atoms with Gasteiger partial charge >= 0.3 is 0 Å². The fraction of sp³-hybridized carbons (Fsp3) is 0.250. The zero-order valence-electron chi connectivity index (χ0n) is 11.8. The van der Waals surface area contributed by atoms with Crippen molar-refractivity contribution in [3.8, 4) is 11.4 Å². The molecule has 21 heavy (non-hydrogen) atoms. The first kappa shape index (κ1) is 13.7. The third-order valence-corrected chi connectivity index (χ3v) is 3.45. The molecular formula is C16H16FN3O. The molecule has 0 aliphatic carbocycles. The standard InChI is InChI=1S/C16H16FN3O/c1-11-2-3-14-15(6-11)20(5-4-17)16(19-14)13-7-12(10-21)8-18-9-13/h2-3,6-9,21H,4-5,10H2,1H3. The van der Waals surface area contributed by atoms with Gasteiger partial charge in [-0.2, -0.15) is 0 Å². The Hall–Kier alpha value is -2.27. The van der Waals surface area contributed by atoms with Crippen LogP contribution in [0.1, 0.15) is 11.1 Å². The molecule has 1 N–H and O–H groups in total. The van der Waals surface area contributed by atoms with Crippen LogP contribution in [0.4, 0.5) is 4.39 Å². The number of benzene rings is 1. The van der Waals surface area contributed by atoms with Gasteiger partial charge in [0.05, 0.1) is 24.2 Å². The van der Waals surface area contributed by atoms with E-state index in [4.69, 9.17) is 0 Å². The zero-order valence-corrected chi connectivity index (χ0v) is 11.8. The van der Waals surface area contributed by atoms with Gasteiger partial charge in [-0.25, -0.2) is 9.37 Å². The van der Waals surface area contributed by atoms with Crippen molar-refractivity contribution >= 4 is 11.0 Å². The molecule has 0 bridgehead atoms. The molecule has 5 heteroatoms. The maximum atomic E-state index is 12.9. The summed E-state index contributed by atoms with van der Waals surface area (Å²) < 4.78 is 14.8. The van der Waals surface area contributed by atoms with Crippen LogP contribution in [0.15, 0.2) is 36.7 Å². The number of nitrogens with zero attached hydrogens (tertiary/aromatic N) is 3. The summed E-state index contributed by atoms with van der Waals surface area (Å²) in [5, 5.41) is 9.23. The summed E-state index contributed by atoms with van der Waals surface area (Å²) in [6.07, 6.45) is 3.29. The van der Waals surface area contributed by atoms with Crippen molar-refractivity contribution in [2.45, 2.75) is 20.1 Å². The molecule has 2 heterocycles. The van der Waals surface area contributed by atoms with E-state index in [0.29, 0.717) is 11.4 Å². The first-order valence-corrected chi connectivity index (χ1v) is 6.81. The molecule has 2 aromatic heterocycles. The molecule has 108 valence electrons. The summed E-state index contributed by atoms with van der Waals surface area (Å²) in [4.78, 5) is 8.71. The lowest BCUT2D eigenvalue weighted by atomic mass is 10.2. The molecule has 4 nitrogen and oxygen atoms in total. The summed E-state index contributed by atoms with van der Waals surface area (Å²) in [6, 6.07) is 7.76. The normalized spacial score (nSPS) is 11.2. The highest BCUT2D eigenvalue weighted by Crippen LogP contribution is 2.25. The van der Waals surface area contributed by atoms with E-state index in [-0.39, 0.29) is 13.2 Å². The van der Waals surface area contributed by atoms with E-state index in [0.717, 1.165) is 22.2 Å². The number of aryl methyl sites for hydroxylation is 2. The minimum atomic E-state index is -0.459. The fourth-order valence-electron chi connectivity index (χ4n) is 2.46. The Morgan fingerprint density at radius 2 is 2.10 bits per heavy atom. The Kier molecular flexibility index (Phi) is 3.66. The molecule has 1 aromatic carbocycles. The molecule has 0 amide bonds. The van der Waals surface area contributed by atoms with Gasteiger partial charge in [0, 0.05) is 18.0 Å². The minimum absolute atomic E-state index is 0.0801. The molecule has 0 spiro atoms. The van der Waals surface area contributed by atoms with Crippen molar-refractivity contribution < 1.29 is 9.50 Å². The van der Waals surface area contributed by atoms with Gasteiger partial charge in [-0.05, 0) is 36.2 Å². The summed E-state index contributed by atoms with van der Waals surface area (Å²) in [5.74, 6) is 0.677. The van der Waals surface area contributed by atoms with Gasteiger partial charge in [0.1, 0.15) is 12.5 Å². The Balaban J connectivity index is 2.22. The van der Waals surface area contributed by atoms with Gasteiger partial charge in [-0.1, -0.05) is 6.07 Å². The lowest BCUT2D eigenvalue weighted by Crippen LogP contribution is -2.03. The average Bonchev–Trinajstić information content (AvgIpc) is 2.86. The third kappa shape index (κ3) is 2.52. The first-order chi connectivity index (χ1) is 10.2. The number of pyridine rings is 1. The molecule has 0 atom stereocenters. The van der Waals surface area contributed by atoms with E-state index in [1.165, 1.54) is 0 Å². The molecule has 3 rings (SSSR count). The number of fused-ring (bicyclic) bond motifs is 1. The zero-order chi connectivity index (χ0) is 14.8. The molecule has 0 radical (unpaired) electrons. The van der Waals surface area contributed by atoms with Gasteiger partial charge in [0.2, 0.25) is 0 Å². The topological polar surface area (TPSA) is 50.9 Å². The van der Waals surface area contributed by atoms with Crippen LogP contribution in [0.25, 0.3) is 22.4 Å². The van der Waals surface area contributed by atoms with Crippen LogP contribution < -0.4 is 0 Å². The quantitative estimate of drug-likeness (QED) is 0.802. The Morgan fingerprint density at radius 3 is 2.86 bits per heavy atom. The van der Waals surface area contributed by atoms with Crippen LogP contribution in [0, 0.1) is 6.92 Å². The third-order valence-electron chi connectivity index (χ3n) is 3.45. The number of aromatic nitrogens is 3. The Morgan fingerprint density at radius 1 is 1.24 bits per heavy atom. The van der Waals surface area contributed by atoms with Crippen molar-refractivity contribution in [2.24, 2.45) is 0 Å². The SMILES string of the molecule is Cc1ccc2nc(-c3cncc(CO)c3)n(CCF)c2c1. The lowest BCUT2D eigenvalue weighted by molar-refractivity contribution is 0.281. The number of halogens is 1. The number of hydrogen-bond acceptors (Lipinski definition) is 3. The van der Waals surface area contributed by atoms with Gasteiger partial charge in [0.25, 0.3) is 0 Å². The van der Waals surface area contributed by atoms with Crippen LogP contribution in [0.3, 0.4) is 0 Å². The molecule has 0 fully saturated rings. The van der Waals surface area contributed by atoms with Crippen molar-refractivity contribution in [2.75, 3.05) is 6.67 Å². The predicted molar refractivity (Wildman–Crippen MR) is 79.6 cm³/mol. The Bertz CT molecular complexity index is 782. The maximum absolute atomic E-state index is 12.9. The molecular weight excluding hydrogens is 269 g/mol. The van der Waals surface area contributed by atoms with Gasteiger partial charge in [-0.3, -0.25) is 4.98 Å². The number of aliphatic hydroxyl groups excluding tert-OH is 1. The second-order valence-corrected chi connectivity index (χ2v) is 5.01. The van der Waals surface area contributed by atoms with E-state index < -0.39 is 6.67 Å².